The summed E-state index contributed by atoms with van der Waals surface area (Å²) in [5, 5.41) is 0. The van der Waals surface area contributed by atoms with Crippen molar-refractivity contribution in [2.24, 2.45) is 5.92 Å². The molecular formula is C12H22O. The highest BCUT2D eigenvalue weighted by atomic mass is 16.1. The summed E-state index contributed by atoms with van der Waals surface area (Å²) in [4.78, 5) is 11.5. The highest BCUT2D eigenvalue weighted by Gasteiger charge is 2.05. The Morgan fingerprint density at radius 1 is 1.23 bits per heavy atom. The molecule has 0 rings (SSSR count). The summed E-state index contributed by atoms with van der Waals surface area (Å²) in [7, 11) is 0. The van der Waals surface area contributed by atoms with Crippen LogP contribution in [0.2, 0.25) is 0 Å². The molecular weight excluding hydrogens is 160 g/mol. The minimum Gasteiger partial charge on any atom is -0.295 e. The third kappa shape index (κ3) is 5.62. The number of rotatable bonds is 6. The van der Waals surface area contributed by atoms with E-state index in [0.29, 0.717) is 18.1 Å². The predicted molar refractivity (Wildman–Crippen MR) is 57.7 cm³/mol. The number of carbonyl (C=O) groups excluding carboxylic acids is 1. The van der Waals surface area contributed by atoms with E-state index in [2.05, 4.69) is 27.7 Å². The second-order valence-electron chi connectivity index (χ2n) is 3.69. The molecule has 0 fully saturated rings. The molecule has 0 aromatic heterocycles. The predicted octanol–water partition coefficient (Wildman–Crippen LogP) is 3.74. The summed E-state index contributed by atoms with van der Waals surface area (Å²) in [5.74, 6) is 0.826. The SMILES string of the molecule is CCC(=CC(=O)CC(C)CC)CC. The Morgan fingerprint density at radius 2 is 1.77 bits per heavy atom. The number of ketones is 1. The van der Waals surface area contributed by atoms with Crippen LogP contribution in [0.15, 0.2) is 11.6 Å². The summed E-state index contributed by atoms with van der Waals surface area (Å²) >= 11 is 0. The van der Waals surface area contributed by atoms with E-state index in [1.54, 1.807) is 0 Å². The summed E-state index contributed by atoms with van der Waals surface area (Å²) < 4.78 is 0. The maximum atomic E-state index is 11.5. The van der Waals surface area contributed by atoms with Crippen molar-refractivity contribution >= 4 is 5.78 Å². The van der Waals surface area contributed by atoms with Gasteiger partial charge in [0.1, 0.15) is 0 Å². The van der Waals surface area contributed by atoms with Gasteiger partial charge in [-0.15, -0.1) is 0 Å². The average Bonchev–Trinajstić information content (AvgIpc) is 2.13. The maximum Gasteiger partial charge on any atom is 0.155 e. The van der Waals surface area contributed by atoms with Crippen LogP contribution in [-0.4, -0.2) is 5.78 Å². The van der Waals surface area contributed by atoms with Gasteiger partial charge in [-0.25, -0.2) is 0 Å². The zero-order chi connectivity index (χ0) is 10.3. The summed E-state index contributed by atoms with van der Waals surface area (Å²) in [5.41, 5.74) is 1.27. The Bertz CT molecular complexity index is 174. The summed E-state index contributed by atoms with van der Waals surface area (Å²) in [6.07, 6.45) is 5.64. The summed E-state index contributed by atoms with van der Waals surface area (Å²) in [6, 6.07) is 0. The molecule has 0 N–H and O–H groups in total. The van der Waals surface area contributed by atoms with Crippen LogP contribution in [0.25, 0.3) is 0 Å². The molecule has 1 atom stereocenters. The molecule has 0 saturated heterocycles. The van der Waals surface area contributed by atoms with Gasteiger partial charge in [-0.2, -0.15) is 0 Å². The van der Waals surface area contributed by atoms with Crippen molar-refractivity contribution < 1.29 is 4.79 Å². The third-order valence-electron chi connectivity index (χ3n) is 2.52. The average molecular weight is 182 g/mol. The van der Waals surface area contributed by atoms with Crippen LogP contribution in [0.1, 0.15) is 53.4 Å². The molecule has 0 radical (unpaired) electrons. The zero-order valence-electron chi connectivity index (χ0n) is 9.39. The standard InChI is InChI=1S/C12H22O/c1-5-10(4)8-12(13)9-11(6-2)7-3/h9-10H,5-8H2,1-4H3. The largest absolute Gasteiger partial charge is 0.295 e. The Labute approximate surface area is 82.2 Å². The van der Waals surface area contributed by atoms with Gasteiger partial charge in [0.25, 0.3) is 0 Å². The molecule has 0 aromatic carbocycles. The van der Waals surface area contributed by atoms with Gasteiger partial charge >= 0.3 is 0 Å². The molecule has 0 aromatic rings. The van der Waals surface area contributed by atoms with Crippen molar-refractivity contribution in [3.8, 4) is 0 Å². The minimum absolute atomic E-state index is 0.299. The Kier molecular flexibility index (Phi) is 6.56. The first-order valence-corrected chi connectivity index (χ1v) is 5.36. The Hall–Kier alpha value is -0.590. The van der Waals surface area contributed by atoms with Crippen molar-refractivity contribution in [2.75, 3.05) is 0 Å². The van der Waals surface area contributed by atoms with Crippen molar-refractivity contribution in [3.63, 3.8) is 0 Å². The first kappa shape index (κ1) is 12.4. The van der Waals surface area contributed by atoms with Gasteiger partial charge in [0.2, 0.25) is 0 Å². The zero-order valence-corrected chi connectivity index (χ0v) is 9.39. The molecule has 0 aliphatic carbocycles. The third-order valence-corrected chi connectivity index (χ3v) is 2.52. The smallest absolute Gasteiger partial charge is 0.155 e. The minimum atomic E-state index is 0.299. The second kappa shape index (κ2) is 6.88. The molecule has 0 spiro atoms. The topological polar surface area (TPSA) is 17.1 Å². The van der Waals surface area contributed by atoms with E-state index in [1.807, 2.05) is 6.08 Å². The van der Waals surface area contributed by atoms with E-state index < -0.39 is 0 Å². The van der Waals surface area contributed by atoms with Gasteiger partial charge in [0.15, 0.2) is 5.78 Å². The van der Waals surface area contributed by atoms with E-state index >= 15 is 0 Å². The van der Waals surface area contributed by atoms with Gasteiger partial charge in [0.05, 0.1) is 0 Å². The van der Waals surface area contributed by atoms with Gasteiger partial charge in [-0.1, -0.05) is 39.7 Å². The van der Waals surface area contributed by atoms with Crippen LogP contribution in [0.5, 0.6) is 0 Å². The lowest BCUT2D eigenvalue weighted by Gasteiger charge is -2.05. The van der Waals surface area contributed by atoms with Crippen LogP contribution in [0.3, 0.4) is 0 Å². The number of hydrogen-bond donors (Lipinski definition) is 0. The maximum absolute atomic E-state index is 11.5. The van der Waals surface area contributed by atoms with Crippen LogP contribution >= 0.6 is 0 Å². The van der Waals surface area contributed by atoms with Gasteiger partial charge in [0, 0.05) is 6.42 Å². The quantitative estimate of drug-likeness (QED) is 0.572. The highest BCUT2D eigenvalue weighted by molar-refractivity contribution is 5.90. The Balaban J connectivity index is 4.04. The van der Waals surface area contributed by atoms with Gasteiger partial charge in [-0.3, -0.25) is 4.79 Å². The van der Waals surface area contributed by atoms with E-state index in [1.165, 1.54) is 5.57 Å². The summed E-state index contributed by atoms with van der Waals surface area (Å²) in [6.45, 7) is 8.46. The van der Waals surface area contributed by atoms with Crippen molar-refractivity contribution in [1.82, 2.24) is 0 Å². The molecule has 0 amide bonds. The van der Waals surface area contributed by atoms with E-state index in [0.717, 1.165) is 19.3 Å². The van der Waals surface area contributed by atoms with Gasteiger partial charge < -0.3 is 0 Å². The van der Waals surface area contributed by atoms with Crippen LogP contribution in [0.4, 0.5) is 0 Å². The molecule has 1 heteroatoms. The van der Waals surface area contributed by atoms with Crippen LogP contribution in [0, 0.1) is 5.92 Å². The van der Waals surface area contributed by atoms with Crippen molar-refractivity contribution in [3.05, 3.63) is 11.6 Å². The van der Waals surface area contributed by atoms with E-state index in [4.69, 9.17) is 0 Å². The molecule has 1 unspecified atom stereocenters. The molecule has 0 bridgehead atoms. The molecule has 0 saturated carbocycles. The molecule has 76 valence electrons. The first-order chi connectivity index (χ1) is 6.13. The fourth-order valence-electron chi connectivity index (χ4n) is 1.23. The second-order valence-corrected chi connectivity index (χ2v) is 3.69. The lowest BCUT2D eigenvalue weighted by atomic mass is 10.00. The van der Waals surface area contributed by atoms with Gasteiger partial charge in [-0.05, 0) is 24.8 Å². The lowest BCUT2D eigenvalue weighted by Crippen LogP contribution is -2.02. The van der Waals surface area contributed by atoms with Crippen molar-refractivity contribution in [2.45, 2.75) is 53.4 Å². The molecule has 0 aliphatic rings. The fraction of sp³-hybridized carbons (Fsp3) is 0.750. The molecule has 13 heavy (non-hydrogen) atoms. The van der Waals surface area contributed by atoms with Crippen LogP contribution < -0.4 is 0 Å². The normalized spacial score (nSPS) is 12.3. The number of carbonyl (C=O) groups is 1. The monoisotopic (exact) mass is 182 g/mol. The fourth-order valence-corrected chi connectivity index (χ4v) is 1.23. The van der Waals surface area contributed by atoms with Crippen LogP contribution in [-0.2, 0) is 4.79 Å². The lowest BCUT2D eigenvalue weighted by molar-refractivity contribution is -0.115. The molecule has 0 heterocycles. The molecule has 0 aliphatic heterocycles. The first-order valence-electron chi connectivity index (χ1n) is 5.36. The van der Waals surface area contributed by atoms with Crippen molar-refractivity contribution in [1.29, 1.82) is 0 Å². The number of allylic oxidation sites excluding steroid dienone is 2. The highest BCUT2D eigenvalue weighted by Crippen LogP contribution is 2.11. The van der Waals surface area contributed by atoms with E-state index in [-0.39, 0.29) is 0 Å². The molecule has 1 nitrogen and oxygen atoms in total. The Morgan fingerprint density at radius 3 is 2.15 bits per heavy atom. The number of hydrogen-bond acceptors (Lipinski definition) is 1. The van der Waals surface area contributed by atoms with E-state index in [9.17, 15) is 4.79 Å².